The molecule has 24 heavy (non-hydrogen) atoms. The second-order valence-corrected chi connectivity index (χ2v) is 6.89. The summed E-state index contributed by atoms with van der Waals surface area (Å²) in [6.45, 7) is 4.86. The second-order valence-electron chi connectivity index (χ2n) is 6.89. The van der Waals surface area contributed by atoms with Crippen LogP contribution in [0.5, 0.6) is 0 Å². The molecule has 0 spiro atoms. The number of carbonyl (C=O) groups excluding carboxylic acids is 1. The zero-order chi connectivity index (χ0) is 16.7. The summed E-state index contributed by atoms with van der Waals surface area (Å²) in [5, 5.41) is 10.9. The maximum absolute atomic E-state index is 12.2. The molecule has 2 aliphatic heterocycles. The molecule has 2 fully saturated rings. The standard InChI is InChI=1S/C17H22N4O3/c1-10-15(11(2)24-19-10)9-21-13-3-4-14(21)8-12(7-13)18-17(22)16-5-6-23-20-16/h5-6,12-14H,3-4,7-9H2,1-2H3,(H,18,22). The average molecular weight is 330 g/mol. The first-order valence-corrected chi connectivity index (χ1v) is 8.50. The van der Waals surface area contributed by atoms with E-state index < -0.39 is 0 Å². The van der Waals surface area contributed by atoms with E-state index in [1.165, 1.54) is 24.7 Å². The van der Waals surface area contributed by atoms with Crippen LogP contribution in [-0.4, -0.2) is 39.2 Å². The predicted octanol–water partition coefficient (Wildman–Crippen LogP) is 2.20. The van der Waals surface area contributed by atoms with Gasteiger partial charge in [0.1, 0.15) is 12.0 Å². The minimum atomic E-state index is -0.146. The topological polar surface area (TPSA) is 84.4 Å². The Labute approximate surface area is 140 Å². The van der Waals surface area contributed by atoms with Gasteiger partial charge in [0, 0.05) is 36.3 Å². The van der Waals surface area contributed by atoms with Gasteiger partial charge in [-0.15, -0.1) is 0 Å². The van der Waals surface area contributed by atoms with Crippen molar-refractivity contribution in [1.82, 2.24) is 20.5 Å². The lowest BCUT2D eigenvalue weighted by molar-refractivity contribution is 0.0819. The molecule has 2 atom stereocenters. The Hall–Kier alpha value is -2.15. The molecule has 4 heterocycles. The minimum Gasteiger partial charge on any atom is -0.364 e. The van der Waals surface area contributed by atoms with Gasteiger partial charge >= 0.3 is 0 Å². The number of amides is 1. The molecule has 4 rings (SSSR count). The summed E-state index contributed by atoms with van der Waals surface area (Å²) < 4.78 is 10.0. The van der Waals surface area contributed by atoms with Crippen LogP contribution in [0.2, 0.25) is 0 Å². The van der Waals surface area contributed by atoms with Crippen LogP contribution >= 0.6 is 0 Å². The van der Waals surface area contributed by atoms with Crippen LogP contribution in [0, 0.1) is 13.8 Å². The van der Waals surface area contributed by atoms with Gasteiger partial charge in [0.15, 0.2) is 5.69 Å². The fourth-order valence-corrected chi connectivity index (χ4v) is 4.15. The number of aromatic nitrogens is 2. The van der Waals surface area contributed by atoms with Gasteiger partial charge in [-0.05, 0) is 39.5 Å². The molecular weight excluding hydrogens is 308 g/mol. The van der Waals surface area contributed by atoms with Gasteiger partial charge in [-0.1, -0.05) is 10.3 Å². The van der Waals surface area contributed by atoms with Gasteiger partial charge in [0.25, 0.3) is 5.91 Å². The molecule has 2 bridgehead atoms. The van der Waals surface area contributed by atoms with Gasteiger partial charge in [-0.2, -0.15) is 0 Å². The van der Waals surface area contributed by atoms with E-state index in [2.05, 4.69) is 20.5 Å². The SMILES string of the molecule is Cc1noc(C)c1CN1C2CCC1CC(NC(=O)c1ccon1)C2. The third-order valence-electron chi connectivity index (χ3n) is 5.41. The van der Waals surface area contributed by atoms with Gasteiger partial charge in [0.2, 0.25) is 0 Å². The normalized spacial score (nSPS) is 26.7. The number of fused-ring (bicyclic) bond motifs is 2. The minimum absolute atomic E-state index is 0.146. The van der Waals surface area contributed by atoms with Gasteiger partial charge in [-0.25, -0.2) is 0 Å². The van der Waals surface area contributed by atoms with E-state index in [0.717, 1.165) is 30.8 Å². The highest BCUT2D eigenvalue weighted by atomic mass is 16.5. The summed E-state index contributed by atoms with van der Waals surface area (Å²) in [6.07, 6.45) is 5.74. The number of aryl methyl sites for hydroxylation is 2. The highest BCUT2D eigenvalue weighted by molar-refractivity contribution is 5.92. The largest absolute Gasteiger partial charge is 0.364 e. The highest BCUT2D eigenvalue weighted by Gasteiger charge is 2.41. The smallest absolute Gasteiger partial charge is 0.273 e. The zero-order valence-corrected chi connectivity index (χ0v) is 14.0. The molecule has 2 aromatic rings. The number of carbonyl (C=O) groups is 1. The Kier molecular flexibility index (Phi) is 3.88. The fourth-order valence-electron chi connectivity index (χ4n) is 4.15. The van der Waals surface area contributed by atoms with Crippen LogP contribution < -0.4 is 5.32 Å². The lowest BCUT2D eigenvalue weighted by Crippen LogP contribution is -2.50. The van der Waals surface area contributed by atoms with Crippen molar-refractivity contribution in [3.05, 3.63) is 35.0 Å². The fraction of sp³-hybridized carbons (Fsp3) is 0.588. The Morgan fingerprint density at radius 1 is 1.29 bits per heavy atom. The summed E-state index contributed by atoms with van der Waals surface area (Å²) >= 11 is 0. The Morgan fingerprint density at radius 3 is 2.62 bits per heavy atom. The van der Waals surface area contributed by atoms with E-state index >= 15 is 0 Å². The Morgan fingerprint density at radius 2 is 2.04 bits per heavy atom. The third-order valence-corrected chi connectivity index (χ3v) is 5.41. The predicted molar refractivity (Wildman–Crippen MR) is 85.3 cm³/mol. The van der Waals surface area contributed by atoms with Crippen molar-refractivity contribution in [3.8, 4) is 0 Å². The van der Waals surface area contributed by atoms with E-state index in [0.29, 0.717) is 17.8 Å². The van der Waals surface area contributed by atoms with Crippen molar-refractivity contribution in [2.24, 2.45) is 0 Å². The third kappa shape index (κ3) is 2.73. The van der Waals surface area contributed by atoms with Crippen molar-refractivity contribution in [2.75, 3.05) is 0 Å². The van der Waals surface area contributed by atoms with E-state index in [1.54, 1.807) is 6.07 Å². The number of nitrogens with zero attached hydrogens (tertiary/aromatic N) is 3. The summed E-state index contributed by atoms with van der Waals surface area (Å²) in [5.41, 5.74) is 2.53. The number of piperidine rings is 1. The molecule has 0 aliphatic carbocycles. The molecule has 7 heteroatoms. The van der Waals surface area contributed by atoms with E-state index in [1.807, 2.05) is 13.8 Å². The van der Waals surface area contributed by atoms with Crippen molar-refractivity contribution >= 4 is 5.91 Å². The van der Waals surface area contributed by atoms with Crippen molar-refractivity contribution in [1.29, 1.82) is 0 Å². The maximum atomic E-state index is 12.2. The van der Waals surface area contributed by atoms with Gasteiger partial charge in [-0.3, -0.25) is 9.69 Å². The Bertz CT molecular complexity index is 691. The van der Waals surface area contributed by atoms with Crippen LogP contribution in [0.25, 0.3) is 0 Å². The summed E-state index contributed by atoms with van der Waals surface area (Å²) in [5.74, 6) is 0.765. The first-order valence-electron chi connectivity index (χ1n) is 8.50. The maximum Gasteiger partial charge on any atom is 0.273 e. The van der Waals surface area contributed by atoms with Crippen LogP contribution in [-0.2, 0) is 6.54 Å². The monoisotopic (exact) mass is 330 g/mol. The van der Waals surface area contributed by atoms with E-state index in [4.69, 9.17) is 9.05 Å². The van der Waals surface area contributed by atoms with Crippen LogP contribution in [0.3, 0.4) is 0 Å². The van der Waals surface area contributed by atoms with Gasteiger partial charge < -0.3 is 14.4 Å². The average Bonchev–Trinajstić information content (AvgIpc) is 3.24. The molecule has 0 radical (unpaired) electrons. The lowest BCUT2D eigenvalue weighted by atomic mass is 9.96. The number of hydrogen-bond donors (Lipinski definition) is 1. The van der Waals surface area contributed by atoms with Crippen LogP contribution in [0.1, 0.15) is 53.2 Å². The van der Waals surface area contributed by atoms with E-state index in [-0.39, 0.29) is 11.9 Å². The summed E-state index contributed by atoms with van der Waals surface area (Å²) in [7, 11) is 0. The first-order chi connectivity index (χ1) is 11.6. The molecule has 128 valence electrons. The number of hydrogen-bond acceptors (Lipinski definition) is 6. The van der Waals surface area contributed by atoms with Crippen molar-refractivity contribution in [2.45, 2.75) is 64.2 Å². The summed E-state index contributed by atoms with van der Waals surface area (Å²) in [4.78, 5) is 14.7. The number of rotatable bonds is 4. The molecule has 2 unspecified atom stereocenters. The van der Waals surface area contributed by atoms with Crippen molar-refractivity contribution < 1.29 is 13.8 Å². The first kappa shape index (κ1) is 15.4. The number of nitrogens with one attached hydrogen (secondary N) is 1. The molecule has 2 aliphatic rings. The van der Waals surface area contributed by atoms with Gasteiger partial charge in [0.05, 0.1) is 5.69 Å². The van der Waals surface area contributed by atoms with Crippen LogP contribution in [0.15, 0.2) is 21.4 Å². The van der Waals surface area contributed by atoms with Crippen LogP contribution in [0.4, 0.5) is 0 Å². The molecule has 7 nitrogen and oxygen atoms in total. The Balaban J connectivity index is 1.41. The second kappa shape index (κ2) is 6.05. The molecule has 1 amide bonds. The highest BCUT2D eigenvalue weighted by Crippen LogP contribution is 2.37. The zero-order valence-electron chi connectivity index (χ0n) is 14.0. The summed E-state index contributed by atoms with van der Waals surface area (Å²) in [6, 6.07) is 2.80. The molecule has 0 saturated carbocycles. The quantitative estimate of drug-likeness (QED) is 0.925. The molecule has 0 aromatic carbocycles. The lowest BCUT2D eigenvalue weighted by Gasteiger charge is -2.39. The van der Waals surface area contributed by atoms with E-state index in [9.17, 15) is 4.79 Å². The molecule has 1 N–H and O–H groups in total. The van der Waals surface area contributed by atoms with Crippen molar-refractivity contribution in [3.63, 3.8) is 0 Å². The molecule has 2 saturated heterocycles. The molecular formula is C17H22N4O3. The molecule has 2 aromatic heterocycles.